The highest BCUT2D eigenvalue weighted by Crippen LogP contribution is 2.31. The molecule has 1 aromatic carbocycles. The Morgan fingerprint density at radius 2 is 2.14 bits per heavy atom. The van der Waals surface area contributed by atoms with Gasteiger partial charge in [-0.15, -0.1) is 24.0 Å². The van der Waals surface area contributed by atoms with Gasteiger partial charge < -0.3 is 25.2 Å². The van der Waals surface area contributed by atoms with Crippen molar-refractivity contribution in [2.24, 2.45) is 4.99 Å². The Balaban J connectivity index is 0.00000420. The predicted octanol–water partition coefficient (Wildman–Crippen LogP) is 3.19. The topological polar surface area (TPSA) is 75.1 Å². The molecule has 0 radical (unpaired) electrons. The van der Waals surface area contributed by atoms with Crippen molar-refractivity contribution in [2.75, 3.05) is 32.8 Å². The van der Waals surface area contributed by atoms with Crippen LogP contribution in [0.15, 0.2) is 29.3 Å². The number of nitrogens with zero attached hydrogens (tertiary/aromatic N) is 1. The normalized spacial score (nSPS) is 20.7. The van der Waals surface area contributed by atoms with E-state index in [-0.39, 0.29) is 48.5 Å². The van der Waals surface area contributed by atoms with E-state index < -0.39 is 17.8 Å². The first-order valence-electron chi connectivity index (χ1n) is 9.36. The maximum absolute atomic E-state index is 12.7. The lowest BCUT2D eigenvalue weighted by Gasteiger charge is -2.22. The minimum atomic E-state index is -4.43. The minimum Gasteiger partial charge on any atom is -0.491 e. The van der Waals surface area contributed by atoms with Gasteiger partial charge in [-0.2, -0.15) is 13.2 Å². The number of nitrogens with one attached hydrogen (secondary N) is 2. The van der Waals surface area contributed by atoms with Crippen LogP contribution < -0.4 is 15.4 Å². The van der Waals surface area contributed by atoms with E-state index in [0.29, 0.717) is 19.0 Å². The second kappa shape index (κ2) is 11.8. The first-order valence-corrected chi connectivity index (χ1v) is 9.36. The molecule has 0 spiro atoms. The molecule has 6 nitrogen and oxygen atoms in total. The van der Waals surface area contributed by atoms with Crippen LogP contribution in [0.5, 0.6) is 5.75 Å². The lowest BCUT2D eigenvalue weighted by atomic mass is 10.0. The van der Waals surface area contributed by atoms with Gasteiger partial charge in [0.2, 0.25) is 0 Å². The van der Waals surface area contributed by atoms with Crippen LogP contribution in [0.2, 0.25) is 0 Å². The third kappa shape index (κ3) is 8.95. The molecule has 2 rings (SSSR count). The van der Waals surface area contributed by atoms with E-state index in [1.165, 1.54) is 12.1 Å². The third-order valence-corrected chi connectivity index (χ3v) is 4.33. The second-order valence-electron chi connectivity index (χ2n) is 6.97. The number of halogens is 4. The molecule has 3 N–H and O–H groups in total. The molecule has 166 valence electrons. The van der Waals surface area contributed by atoms with E-state index in [0.717, 1.165) is 31.6 Å². The summed E-state index contributed by atoms with van der Waals surface area (Å²) in [6, 6.07) is 4.57. The standard InChI is InChI=1S/C19H28F3N3O3.HI/c1-3-23-17(25-13-18(2)8-5-9-28-18)24-11-15(26)12-27-16-7-4-6-14(10-16)19(20,21)22;/h4,6-7,10,15,26H,3,5,8-9,11-13H2,1-2H3,(H2,23,24,25);1H. The average Bonchev–Trinajstić information content (AvgIpc) is 3.09. The van der Waals surface area contributed by atoms with Crippen LogP contribution in [0.4, 0.5) is 13.2 Å². The lowest BCUT2D eigenvalue weighted by molar-refractivity contribution is -0.137. The van der Waals surface area contributed by atoms with Crippen molar-refractivity contribution in [1.82, 2.24) is 10.6 Å². The smallest absolute Gasteiger partial charge is 0.416 e. The van der Waals surface area contributed by atoms with Gasteiger partial charge in [0.25, 0.3) is 0 Å². The fourth-order valence-corrected chi connectivity index (χ4v) is 2.78. The molecule has 0 aliphatic carbocycles. The summed E-state index contributed by atoms with van der Waals surface area (Å²) in [5.41, 5.74) is -1.06. The zero-order valence-electron chi connectivity index (χ0n) is 16.6. The van der Waals surface area contributed by atoms with Crippen LogP contribution in [0.1, 0.15) is 32.3 Å². The molecule has 0 saturated carbocycles. The first kappa shape index (κ1) is 25.8. The molecular formula is C19H29F3IN3O3. The van der Waals surface area contributed by atoms with Gasteiger partial charge in [0, 0.05) is 19.7 Å². The summed E-state index contributed by atoms with van der Waals surface area (Å²) in [5.74, 6) is 0.595. The van der Waals surface area contributed by atoms with Crippen molar-refractivity contribution in [3.05, 3.63) is 29.8 Å². The highest BCUT2D eigenvalue weighted by atomic mass is 127. The number of alkyl halides is 3. The largest absolute Gasteiger partial charge is 0.491 e. The van der Waals surface area contributed by atoms with Crippen LogP contribution in [-0.2, 0) is 10.9 Å². The zero-order valence-corrected chi connectivity index (χ0v) is 18.9. The number of aliphatic hydroxyl groups excluding tert-OH is 1. The van der Waals surface area contributed by atoms with Crippen molar-refractivity contribution < 1.29 is 27.8 Å². The minimum absolute atomic E-state index is 0. The van der Waals surface area contributed by atoms with Gasteiger partial charge in [-0.3, -0.25) is 4.99 Å². The van der Waals surface area contributed by atoms with Crippen molar-refractivity contribution >= 4 is 29.9 Å². The SMILES string of the molecule is CCNC(=NCC1(C)CCCO1)NCC(O)COc1cccc(C(F)(F)F)c1.I. The fraction of sp³-hybridized carbons (Fsp3) is 0.632. The second-order valence-corrected chi connectivity index (χ2v) is 6.97. The van der Waals surface area contributed by atoms with Gasteiger partial charge in [-0.25, -0.2) is 0 Å². The summed E-state index contributed by atoms with van der Waals surface area (Å²) < 4.78 is 49.1. The van der Waals surface area contributed by atoms with E-state index in [4.69, 9.17) is 9.47 Å². The van der Waals surface area contributed by atoms with Gasteiger partial charge in [-0.05, 0) is 44.9 Å². The van der Waals surface area contributed by atoms with Gasteiger partial charge in [0.1, 0.15) is 18.5 Å². The van der Waals surface area contributed by atoms with E-state index in [1.807, 2.05) is 13.8 Å². The Kier molecular flexibility index (Phi) is 10.5. The quantitative estimate of drug-likeness (QED) is 0.273. The Bertz CT molecular complexity index is 653. The molecule has 1 aliphatic rings. The highest BCUT2D eigenvalue weighted by Gasteiger charge is 2.31. The van der Waals surface area contributed by atoms with Crippen molar-refractivity contribution in [2.45, 2.75) is 44.6 Å². The van der Waals surface area contributed by atoms with Crippen LogP contribution in [-0.4, -0.2) is 55.6 Å². The number of aliphatic hydroxyl groups is 1. The van der Waals surface area contributed by atoms with Crippen LogP contribution in [0.25, 0.3) is 0 Å². The molecule has 1 aliphatic heterocycles. The number of hydrogen-bond acceptors (Lipinski definition) is 4. The maximum atomic E-state index is 12.7. The van der Waals surface area contributed by atoms with Crippen LogP contribution in [0, 0.1) is 0 Å². The molecular weight excluding hydrogens is 502 g/mol. The Hall–Kier alpha value is -1.27. The molecule has 10 heteroatoms. The highest BCUT2D eigenvalue weighted by molar-refractivity contribution is 14.0. The van der Waals surface area contributed by atoms with Gasteiger partial charge in [0.15, 0.2) is 5.96 Å². The third-order valence-electron chi connectivity index (χ3n) is 4.33. The Morgan fingerprint density at radius 3 is 2.76 bits per heavy atom. The molecule has 1 fully saturated rings. The number of guanidine groups is 1. The lowest BCUT2D eigenvalue weighted by Crippen LogP contribution is -2.43. The van der Waals surface area contributed by atoms with Crippen LogP contribution >= 0.6 is 24.0 Å². The number of rotatable bonds is 8. The molecule has 0 aromatic heterocycles. The van der Waals surface area contributed by atoms with E-state index in [2.05, 4.69) is 15.6 Å². The molecule has 29 heavy (non-hydrogen) atoms. The van der Waals surface area contributed by atoms with Gasteiger partial charge in [0.05, 0.1) is 17.7 Å². The molecule has 1 saturated heterocycles. The molecule has 0 bridgehead atoms. The summed E-state index contributed by atoms with van der Waals surface area (Å²) in [7, 11) is 0. The van der Waals surface area contributed by atoms with Crippen molar-refractivity contribution in [3.8, 4) is 5.75 Å². The van der Waals surface area contributed by atoms with Gasteiger partial charge in [-0.1, -0.05) is 6.07 Å². The van der Waals surface area contributed by atoms with Gasteiger partial charge >= 0.3 is 6.18 Å². The summed E-state index contributed by atoms with van der Waals surface area (Å²) in [5, 5.41) is 16.2. The molecule has 0 amide bonds. The Morgan fingerprint density at radius 1 is 1.38 bits per heavy atom. The fourth-order valence-electron chi connectivity index (χ4n) is 2.78. The molecule has 1 aromatic rings. The van der Waals surface area contributed by atoms with Crippen molar-refractivity contribution in [3.63, 3.8) is 0 Å². The number of ether oxygens (including phenoxy) is 2. The molecule has 2 unspecified atom stereocenters. The number of hydrogen-bond donors (Lipinski definition) is 3. The predicted molar refractivity (Wildman–Crippen MR) is 116 cm³/mol. The van der Waals surface area contributed by atoms with E-state index in [1.54, 1.807) is 0 Å². The summed E-state index contributed by atoms with van der Waals surface area (Å²) >= 11 is 0. The summed E-state index contributed by atoms with van der Waals surface area (Å²) in [6.45, 7) is 5.83. The number of aliphatic imine (C=N–C) groups is 1. The number of benzene rings is 1. The average molecular weight is 531 g/mol. The maximum Gasteiger partial charge on any atom is 0.416 e. The van der Waals surface area contributed by atoms with Crippen molar-refractivity contribution in [1.29, 1.82) is 0 Å². The molecule has 2 atom stereocenters. The molecule has 1 heterocycles. The van der Waals surface area contributed by atoms with E-state index in [9.17, 15) is 18.3 Å². The van der Waals surface area contributed by atoms with Crippen LogP contribution in [0.3, 0.4) is 0 Å². The summed E-state index contributed by atoms with van der Waals surface area (Å²) in [6.07, 6.45) is -3.39. The zero-order chi connectivity index (χ0) is 20.6. The Labute approximate surface area is 186 Å². The monoisotopic (exact) mass is 531 g/mol. The van der Waals surface area contributed by atoms with E-state index >= 15 is 0 Å². The first-order chi connectivity index (χ1) is 13.2. The summed E-state index contributed by atoms with van der Waals surface area (Å²) in [4.78, 5) is 4.49.